The van der Waals surface area contributed by atoms with Crippen LogP contribution in [0.15, 0.2) is 41.1 Å². The minimum Gasteiger partial charge on any atom is -0.462 e. The lowest BCUT2D eigenvalue weighted by atomic mass is 10.2. The van der Waals surface area contributed by atoms with Gasteiger partial charge in [-0.05, 0) is 56.9 Å². The molecule has 1 N–H and O–H groups in total. The molecule has 1 aromatic heterocycles. The summed E-state index contributed by atoms with van der Waals surface area (Å²) in [7, 11) is 0. The standard InChI is InChI=1S/C18H24N4O3S/c1-5-13-9-7-6-8-10-14(19-11-13)12-24-17-22-21-15(26-17)20-16(23)25-18(2,3)4/h5,9-11H,1,6-8,12H2,2-4H3,(H,20,21,23)/b13-9+,14-10-,19-11-. The second kappa shape index (κ2) is 9.28. The van der Waals surface area contributed by atoms with Crippen molar-refractivity contribution in [3.8, 4) is 5.19 Å². The molecular formula is C18H24N4O3S. The van der Waals surface area contributed by atoms with E-state index in [1.807, 2.05) is 0 Å². The number of allylic oxidation sites excluding steroid dienone is 4. The van der Waals surface area contributed by atoms with Crippen molar-refractivity contribution in [2.45, 2.75) is 45.6 Å². The van der Waals surface area contributed by atoms with Crippen LogP contribution in [0.1, 0.15) is 40.0 Å². The van der Waals surface area contributed by atoms with Crippen molar-refractivity contribution in [1.82, 2.24) is 10.2 Å². The highest BCUT2D eigenvalue weighted by Gasteiger charge is 2.18. The summed E-state index contributed by atoms with van der Waals surface area (Å²) in [5, 5.41) is 11.0. The van der Waals surface area contributed by atoms with Crippen LogP contribution in [0.25, 0.3) is 0 Å². The summed E-state index contributed by atoms with van der Waals surface area (Å²) in [4.78, 5) is 16.2. The molecule has 1 aliphatic rings. The lowest BCUT2D eigenvalue weighted by Gasteiger charge is -2.18. The number of aromatic nitrogens is 2. The highest BCUT2D eigenvalue weighted by Crippen LogP contribution is 2.23. The molecule has 26 heavy (non-hydrogen) atoms. The normalized spacial score (nSPS) is 20.3. The van der Waals surface area contributed by atoms with Crippen LogP contribution in [0.4, 0.5) is 9.93 Å². The number of hydrogen-bond acceptors (Lipinski definition) is 7. The van der Waals surface area contributed by atoms with Gasteiger partial charge in [0.2, 0.25) is 5.13 Å². The Hall–Kier alpha value is -2.48. The first-order chi connectivity index (χ1) is 12.4. The summed E-state index contributed by atoms with van der Waals surface area (Å²) in [5.74, 6) is 0. The summed E-state index contributed by atoms with van der Waals surface area (Å²) < 4.78 is 10.8. The van der Waals surface area contributed by atoms with Crippen molar-refractivity contribution in [3.63, 3.8) is 0 Å². The second-order valence-electron chi connectivity index (χ2n) is 6.58. The molecule has 0 radical (unpaired) electrons. The smallest absolute Gasteiger partial charge is 0.414 e. The van der Waals surface area contributed by atoms with E-state index in [1.54, 1.807) is 33.1 Å². The van der Waals surface area contributed by atoms with Crippen LogP contribution >= 0.6 is 11.3 Å². The Morgan fingerprint density at radius 1 is 1.35 bits per heavy atom. The van der Waals surface area contributed by atoms with Crippen LogP contribution in [-0.4, -0.2) is 34.7 Å². The molecule has 0 fully saturated rings. The van der Waals surface area contributed by atoms with Crippen molar-refractivity contribution in [1.29, 1.82) is 0 Å². The fourth-order valence-electron chi connectivity index (χ4n) is 2.00. The monoisotopic (exact) mass is 376 g/mol. The zero-order valence-corrected chi connectivity index (χ0v) is 16.1. The van der Waals surface area contributed by atoms with E-state index >= 15 is 0 Å². The van der Waals surface area contributed by atoms with E-state index < -0.39 is 11.7 Å². The molecule has 8 heteroatoms. The van der Waals surface area contributed by atoms with Gasteiger partial charge in [0.05, 0.1) is 5.70 Å². The minimum absolute atomic E-state index is 0.280. The van der Waals surface area contributed by atoms with Crippen molar-refractivity contribution >= 4 is 28.8 Å². The summed E-state index contributed by atoms with van der Waals surface area (Å²) in [6, 6.07) is 0. The molecule has 0 spiro atoms. The van der Waals surface area contributed by atoms with Crippen LogP contribution in [-0.2, 0) is 4.74 Å². The summed E-state index contributed by atoms with van der Waals surface area (Å²) in [5.41, 5.74) is 1.24. The third-order valence-electron chi connectivity index (χ3n) is 3.14. The predicted octanol–water partition coefficient (Wildman–Crippen LogP) is 4.51. The van der Waals surface area contributed by atoms with Gasteiger partial charge in [-0.1, -0.05) is 29.9 Å². The molecular weight excluding hydrogens is 352 g/mol. The Morgan fingerprint density at radius 3 is 2.85 bits per heavy atom. The van der Waals surface area contributed by atoms with Crippen LogP contribution in [0, 0.1) is 0 Å². The molecule has 0 unspecified atom stereocenters. The first kappa shape index (κ1) is 19.8. The molecule has 1 aromatic rings. The number of amides is 1. The van der Waals surface area contributed by atoms with Crippen molar-refractivity contribution in [3.05, 3.63) is 36.1 Å². The summed E-state index contributed by atoms with van der Waals surface area (Å²) in [6.07, 6.45) is 10.1. The molecule has 7 nitrogen and oxygen atoms in total. The number of nitrogens with zero attached hydrogens (tertiary/aromatic N) is 3. The van der Waals surface area contributed by atoms with Crippen LogP contribution in [0.3, 0.4) is 0 Å². The fraction of sp³-hybridized carbons (Fsp3) is 0.444. The number of aliphatic imine (C=N–C) groups is 1. The molecule has 2 heterocycles. The van der Waals surface area contributed by atoms with Crippen molar-refractivity contribution in [2.75, 3.05) is 11.9 Å². The Labute approximate surface area is 157 Å². The molecule has 0 aromatic carbocycles. The number of carbonyl (C=O) groups excluding carboxylic acids is 1. The van der Waals surface area contributed by atoms with E-state index in [0.717, 1.165) is 41.9 Å². The number of nitrogens with one attached hydrogen (secondary N) is 1. The fourth-order valence-corrected chi connectivity index (χ4v) is 2.58. The zero-order valence-electron chi connectivity index (χ0n) is 15.3. The average molecular weight is 376 g/mol. The van der Waals surface area contributed by atoms with Gasteiger partial charge in [-0.25, -0.2) is 4.79 Å². The maximum atomic E-state index is 11.7. The SMILES string of the molecule is C=CC1=C\CCC\C=C(COc2nnc(NC(=O)OC(C)(C)C)s2)/N=C\1. The molecule has 0 bridgehead atoms. The third-order valence-corrected chi connectivity index (χ3v) is 3.89. The highest BCUT2D eigenvalue weighted by atomic mass is 32.1. The van der Waals surface area contributed by atoms with E-state index in [1.165, 1.54) is 0 Å². The maximum Gasteiger partial charge on any atom is 0.414 e. The number of rotatable bonds is 5. The van der Waals surface area contributed by atoms with Gasteiger partial charge in [-0.15, -0.1) is 5.10 Å². The lowest BCUT2D eigenvalue weighted by molar-refractivity contribution is 0.0636. The Kier molecular flexibility index (Phi) is 7.08. The number of anilines is 1. The molecule has 0 saturated carbocycles. The molecule has 140 valence electrons. The average Bonchev–Trinajstić information content (AvgIpc) is 3.02. The van der Waals surface area contributed by atoms with Crippen molar-refractivity contribution < 1.29 is 14.3 Å². The molecule has 1 aliphatic heterocycles. The minimum atomic E-state index is -0.576. The van der Waals surface area contributed by atoms with Gasteiger partial charge in [0.15, 0.2) is 0 Å². The van der Waals surface area contributed by atoms with Gasteiger partial charge in [-0.2, -0.15) is 0 Å². The molecule has 1 amide bonds. The Bertz CT molecular complexity index is 729. The van der Waals surface area contributed by atoms with Crippen LogP contribution in [0.5, 0.6) is 5.19 Å². The predicted molar refractivity (Wildman–Crippen MR) is 104 cm³/mol. The van der Waals surface area contributed by atoms with Gasteiger partial charge < -0.3 is 9.47 Å². The van der Waals surface area contributed by atoms with Gasteiger partial charge in [0.1, 0.15) is 12.2 Å². The quantitative estimate of drug-likeness (QED) is 0.817. The lowest BCUT2D eigenvalue weighted by Crippen LogP contribution is -2.27. The van der Waals surface area contributed by atoms with E-state index in [9.17, 15) is 4.79 Å². The summed E-state index contributed by atoms with van der Waals surface area (Å²) >= 11 is 1.13. The largest absolute Gasteiger partial charge is 0.462 e. The molecule has 0 aliphatic carbocycles. The number of hydrogen-bond donors (Lipinski definition) is 1. The van der Waals surface area contributed by atoms with E-state index in [2.05, 4.69) is 39.2 Å². The van der Waals surface area contributed by atoms with Crippen LogP contribution in [0.2, 0.25) is 0 Å². The Balaban J connectivity index is 1.90. The topological polar surface area (TPSA) is 85.7 Å². The second-order valence-corrected chi connectivity index (χ2v) is 7.52. The highest BCUT2D eigenvalue weighted by molar-refractivity contribution is 7.17. The number of carbonyl (C=O) groups is 1. The van der Waals surface area contributed by atoms with Crippen LogP contribution < -0.4 is 10.1 Å². The molecule has 0 atom stereocenters. The van der Waals surface area contributed by atoms with E-state index in [4.69, 9.17) is 9.47 Å². The first-order valence-electron chi connectivity index (χ1n) is 8.38. The third kappa shape index (κ3) is 7.18. The van der Waals surface area contributed by atoms with Gasteiger partial charge >= 0.3 is 6.09 Å². The summed E-state index contributed by atoms with van der Waals surface area (Å²) in [6.45, 7) is 9.44. The first-order valence-corrected chi connectivity index (χ1v) is 9.19. The molecule has 2 rings (SSSR count). The van der Waals surface area contributed by atoms with E-state index in [-0.39, 0.29) is 6.61 Å². The van der Waals surface area contributed by atoms with Gasteiger partial charge in [0, 0.05) is 6.21 Å². The zero-order chi connectivity index (χ0) is 19.0. The number of ether oxygens (including phenoxy) is 2. The maximum absolute atomic E-state index is 11.7. The van der Waals surface area contributed by atoms with Crippen molar-refractivity contribution in [2.24, 2.45) is 4.99 Å². The Morgan fingerprint density at radius 2 is 2.12 bits per heavy atom. The van der Waals surface area contributed by atoms with E-state index in [0.29, 0.717) is 10.3 Å². The molecule has 0 saturated heterocycles. The van der Waals surface area contributed by atoms with Gasteiger partial charge in [-0.3, -0.25) is 10.3 Å². The van der Waals surface area contributed by atoms with Gasteiger partial charge in [0.25, 0.3) is 5.19 Å².